The van der Waals surface area contributed by atoms with Gasteiger partial charge in [-0.05, 0) is 31.2 Å². The molecule has 6 nitrogen and oxygen atoms in total. The number of aliphatic carboxylic acids is 1. The second-order valence-electron chi connectivity index (χ2n) is 6.00. The van der Waals surface area contributed by atoms with Crippen molar-refractivity contribution in [3.05, 3.63) is 0 Å². The number of nitrogens with zero attached hydrogens (tertiary/aromatic N) is 1. The molecule has 116 valence electrons. The van der Waals surface area contributed by atoms with Gasteiger partial charge in [-0.25, -0.2) is 0 Å². The number of rotatable bonds is 7. The first kappa shape index (κ1) is 16.9. The monoisotopic (exact) mass is 286 g/mol. The number of piperidine rings is 1. The number of carboxylic acids is 1. The molecule has 1 aliphatic rings. The van der Waals surface area contributed by atoms with Crippen LogP contribution in [0.25, 0.3) is 0 Å². The third kappa shape index (κ3) is 4.76. The van der Waals surface area contributed by atoms with Gasteiger partial charge in [-0.3, -0.25) is 14.5 Å². The lowest BCUT2D eigenvalue weighted by Crippen LogP contribution is -2.56. The van der Waals surface area contributed by atoms with Crippen LogP contribution in [0, 0.1) is 5.41 Å². The Morgan fingerprint density at radius 3 is 2.75 bits per heavy atom. The summed E-state index contributed by atoms with van der Waals surface area (Å²) in [5.74, 6) is -0.966. The first-order chi connectivity index (χ1) is 9.38. The lowest BCUT2D eigenvalue weighted by molar-refractivity contribution is -0.151. The average Bonchev–Trinajstić information content (AvgIpc) is 2.33. The molecule has 0 bridgehead atoms. The number of hydrogen-bond donors (Lipinski definition) is 2. The van der Waals surface area contributed by atoms with Crippen LogP contribution in [0.4, 0.5) is 0 Å². The SMILES string of the molecule is COCCCNC(=O)CN1CCCC(C)(C)C1C(=O)O. The van der Waals surface area contributed by atoms with E-state index in [1.54, 1.807) is 12.0 Å². The molecule has 1 rings (SSSR count). The molecule has 2 N–H and O–H groups in total. The molecule has 1 fully saturated rings. The van der Waals surface area contributed by atoms with E-state index in [-0.39, 0.29) is 17.9 Å². The maximum absolute atomic E-state index is 11.9. The van der Waals surface area contributed by atoms with Crippen LogP contribution >= 0.6 is 0 Å². The summed E-state index contributed by atoms with van der Waals surface area (Å²) in [5.41, 5.74) is -0.305. The van der Waals surface area contributed by atoms with Crippen molar-refractivity contribution < 1.29 is 19.4 Å². The Kier molecular flexibility index (Phi) is 6.42. The predicted octanol–water partition coefficient (Wildman–Crippen LogP) is 0.714. The van der Waals surface area contributed by atoms with Crippen LogP contribution in [0.1, 0.15) is 33.1 Å². The number of ether oxygens (including phenoxy) is 1. The maximum Gasteiger partial charge on any atom is 0.321 e. The molecular weight excluding hydrogens is 260 g/mol. The topological polar surface area (TPSA) is 78.9 Å². The molecule has 1 aliphatic heterocycles. The minimum Gasteiger partial charge on any atom is -0.480 e. The van der Waals surface area contributed by atoms with Crippen molar-refractivity contribution in [2.45, 2.75) is 39.2 Å². The number of methoxy groups -OCH3 is 1. The van der Waals surface area contributed by atoms with Crippen molar-refractivity contribution in [3.63, 3.8) is 0 Å². The summed E-state index contributed by atoms with van der Waals surface area (Å²) >= 11 is 0. The molecule has 1 amide bonds. The Hall–Kier alpha value is -1.14. The molecule has 20 heavy (non-hydrogen) atoms. The van der Waals surface area contributed by atoms with Crippen LogP contribution in [0.3, 0.4) is 0 Å². The molecule has 1 atom stereocenters. The van der Waals surface area contributed by atoms with E-state index in [4.69, 9.17) is 4.74 Å². The zero-order chi connectivity index (χ0) is 15.2. The number of hydrogen-bond acceptors (Lipinski definition) is 4. The van der Waals surface area contributed by atoms with Gasteiger partial charge in [-0.2, -0.15) is 0 Å². The van der Waals surface area contributed by atoms with Gasteiger partial charge in [0.25, 0.3) is 0 Å². The van der Waals surface area contributed by atoms with Gasteiger partial charge in [-0.1, -0.05) is 13.8 Å². The highest BCUT2D eigenvalue weighted by Crippen LogP contribution is 2.35. The fourth-order valence-corrected chi connectivity index (χ4v) is 2.84. The van der Waals surface area contributed by atoms with Gasteiger partial charge >= 0.3 is 5.97 Å². The zero-order valence-corrected chi connectivity index (χ0v) is 12.6. The smallest absolute Gasteiger partial charge is 0.321 e. The molecule has 0 saturated carbocycles. The molecule has 0 aromatic rings. The molecule has 0 aromatic carbocycles. The summed E-state index contributed by atoms with van der Waals surface area (Å²) in [5, 5.41) is 12.2. The Morgan fingerprint density at radius 1 is 1.45 bits per heavy atom. The molecule has 0 spiro atoms. The molecular formula is C14H26N2O4. The highest BCUT2D eigenvalue weighted by Gasteiger charge is 2.42. The summed E-state index contributed by atoms with van der Waals surface area (Å²) in [6, 6.07) is -0.596. The molecule has 6 heteroatoms. The summed E-state index contributed by atoms with van der Waals surface area (Å²) in [7, 11) is 1.62. The fraction of sp³-hybridized carbons (Fsp3) is 0.857. The normalized spacial score (nSPS) is 22.4. The van der Waals surface area contributed by atoms with Crippen LogP contribution in [0.5, 0.6) is 0 Å². The zero-order valence-electron chi connectivity index (χ0n) is 12.6. The molecule has 1 saturated heterocycles. The van der Waals surface area contributed by atoms with E-state index in [0.29, 0.717) is 19.7 Å². The molecule has 0 radical (unpaired) electrons. The number of nitrogens with one attached hydrogen (secondary N) is 1. The maximum atomic E-state index is 11.9. The first-order valence-corrected chi connectivity index (χ1v) is 7.11. The predicted molar refractivity (Wildman–Crippen MR) is 75.5 cm³/mol. The fourth-order valence-electron chi connectivity index (χ4n) is 2.84. The number of amides is 1. The van der Waals surface area contributed by atoms with Gasteiger partial charge in [0.15, 0.2) is 0 Å². The van der Waals surface area contributed by atoms with E-state index in [0.717, 1.165) is 19.3 Å². The molecule has 0 aliphatic carbocycles. The van der Waals surface area contributed by atoms with Crippen LogP contribution in [-0.2, 0) is 14.3 Å². The lowest BCUT2D eigenvalue weighted by Gasteiger charge is -2.43. The van der Waals surface area contributed by atoms with Crippen LogP contribution < -0.4 is 5.32 Å². The Morgan fingerprint density at radius 2 is 2.15 bits per heavy atom. The van der Waals surface area contributed by atoms with Crippen molar-refractivity contribution in [1.82, 2.24) is 10.2 Å². The molecule has 0 aromatic heterocycles. The number of carbonyl (C=O) groups excluding carboxylic acids is 1. The van der Waals surface area contributed by atoms with E-state index in [2.05, 4.69) is 5.32 Å². The van der Waals surface area contributed by atoms with Gasteiger partial charge in [0, 0.05) is 20.3 Å². The van der Waals surface area contributed by atoms with Gasteiger partial charge in [0.1, 0.15) is 6.04 Å². The summed E-state index contributed by atoms with van der Waals surface area (Å²) in [4.78, 5) is 25.1. The average molecular weight is 286 g/mol. The van der Waals surface area contributed by atoms with Crippen molar-refractivity contribution in [2.75, 3.05) is 33.4 Å². The highest BCUT2D eigenvalue weighted by atomic mass is 16.5. The minimum absolute atomic E-state index is 0.120. The first-order valence-electron chi connectivity index (χ1n) is 7.11. The third-order valence-electron chi connectivity index (χ3n) is 3.80. The van der Waals surface area contributed by atoms with Crippen molar-refractivity contribution in [2.24, 2.45) is 5.41 Å². The van der Waals surface area contributed by atoms with Gasteiger partial charge in [0.05, 0.1) is 6.54 Å². The van der Waals surface area contributed by atoms with Gasteiger partial charge in [-0.15, -0.1) is 0 Å². The second kappa shape index (κ2) is 7.59. The Balaban J connectivity index is 2.51. The molecule has 1 heterocycles. The van der Waals surface area contributed by atoms with Crippen molar-refractivity contribution >= 4 is 11.9 Å². The van der Waals surface area contributed by atoms with E-state index in [1.807, 2.05) is 13.8 Å². The van der Waals surface area contributed by atoms with E-state index >= 15 is 0 Å². The van der Waals surface area contributed by atoms with Crippen LogP contribution in [-0.4, -0.2) is 61.3 Å². The number of carbonyl (C=O) groups is 2. The molecule has 1 unspecified atom stereocenters. The highest BCUT2D eigenvalue weighted by molar-refractivity contribution is 5.80. The standard InChI is InChI=1S/C14H26N2O4/c1-14(2)6-4-8-16(12(14)13(18)19)10-11(17)15-7-5-9-20-3/h12H,4-10H2,1-3H3,(H,15,17)(H,18,19). The second-order valence-corrected chi connectivity index (χ2v) is 6.00. The van der Waals surface area contributed by atoms with Crippen LogP contribution in [0.15, 0.2) is 0 Å². The van der Waals surface area contributed by atoms with E-state index < -0.39 is 12.0 Å². The quantitative estimate of drug-likeness (QED) is 0.674. The van der Waals surface area contributed by atoms with Crippen molar-refractivity contribution in [3.8, 4) is 0 Å². The van der Waals surface area contributed by atoms with Crippen LogP contribution in [0.2, 0.25) is 0 Å². The third-order valence-corrected chi connectivity index (χ3v) is 3.80. The summed E-state index contributed by atoms with van der Waals surface area (Å²) < 4.78 is 4.91. The summed E-state index contributed by atoms with van der Waals surface area (Å²) in [6.07, 6.45) is 2.56. The minimum atomic E-state index is -0.845. The van der Waals surface area contributed by atoms with E-state index in [9.17, 15) is 14.7 Å². The van der Waals surface area contributed by atoms with Crippen molar-refractivity contribution in [1.29, 1.82) is 0 Å². The Bertz CT molecular complexity index is 344. The number of likely N-dealkylation sites (tertiary alicyclic amines) is 1. The summed E-state index contributed by atoms with van der Waals surface area (Å²) in [6.45, 7) is 5.87. The van der Waals surface area contributed by atoms with Gasteiger partial charge in [0.2, 0.25) is 5.91 Å². The largest absolute Gasteiger partial charge is 0.480 e. The van der Waals surface area contributed by atoms with Gasteiger partial charge < -0.3 is 15.2 Å². The lowest BCUT2D eigenvalue weighted by atomic mass is 9.76. The van der Waals surface area contributed by atoms with E-state index in [1.165, 1.54) is 0 Å². The Labute approximate surface area is 120 Å². The number of carboxylic acid groups (broad SMARTS) is 1.